The predicted molar refractivity (Wildman–Crippen MR) is 43.8 cm³/mol. The highest BCUT2D eigenvalue weighted by Gasteiger charge is 2.23. The van der Waals surface area contributed by atoms with Crippen molar-refractivity contribution >= 4 is 5.78 Å². The summed E-state index contributed by atoms with van der Waals surface area (Å²) in [5.41, 5.74) is 1.06. The molecule has 0 radical (unpaired) electrons. The minimum Gasteiger partial charge on any atom is -0.294 e. The monoisotopic (exact) mass is 175 g/mol. The lowest BCUT2D eigenvalue weighted by Gasteiger charge is -1.99. The Hall–Kier alpha value is -1.69. The van der Waals surface area contributed by atoms with Gasteiger partial charge in [-0.25, -0.2) is 4.39 Å². The first-order valence-corrected chi connectivity index (χ1v) is 3.98. The lowest BCUT2D eigenvalue weighted by atomic mass is 10.1. The van der Waals surface area contributed by atoms with E-state index < -0.39 is 5.82 Å². The number of halogens is 1. The number of rotatable bonds is 0. The van der Waals surface area contributed by atoms with Gasteiger partial charge in [-0.3, -0.25) is 4.79 Å². The molecule has 13 heavy (non-hydrogen) atoms. The predicted octanol–water partition coefficient (Wildman–Crippen LogP) is 1.83. The number of nitriles is 1. The molecule has 0 aliphatic heterocycles. The van der Waals surface area contributed by atoms with Gasteiger partial charge in [0.05, 0.1) is 11.6 Å². The second-order valence-corrected chi connectivity index (χ2v) is 3.02. The Morgan fingerprint density at radius 3 is 2.85 bits per heavy atom. The Balaban J connectivity index is 2.68. The average Bonchev–Trinajstić information content (AvgIpc) is 2.48. The molecular formula is C10H6FNO. The molecule has 0 aromatic heterocycles. The van der Waals surface area contributed by atoms with E-state index in [1.54, 1.807) is 0 Å². The van der Waals surface area contributed by atoms with Crippen LogP contribution in [-0.2, 0) is 6.42 Å². The number of ketones is 1. The quantitative estimate of drug-likeness (QED) is 0.603. The van der Waals surface area contributed by atoms with Gasteiger partial charge in [0.1, 0.15) is 5.82 Å². The second-order valence-electron chi connectivity index (χ2n) is 3.02. The minimum absolute atomic E-state index is 0.0639. The van der Waals surface area contributed by atoms with Crippen LogP contribution >= 0.6 is 0 Å². The molecule has 1 aromatic carbocycles. The fraction of sp³-hybridized carbons (Fsp3) is 0.200. The summed E-state index contributed by atoms with van der Waals surface area (Å²) in [6.45, 7) is 0. The molecule has 0 fully saturated rings. The molecular weight excluding hydrogens is 169 g/mol. The zero-order valence-corrected chi connectivity index (χ0v) is 6.80. The Kier molecular flexibility index (Phi) is 1.63. The fourth-order valence-electron chi connectivity index (χ4n) is 1.58. The van der Waals surface area contributed by atoms with Crippen LogP contribution in [0.4, 0.5) is 4.39 Å². The van der Waals surface area contributed by atoms with Crippen LogP contribution in [-0.4, -0.2) is 5.78 Å². The molecule has 0 spiro atoms. The van der Waals surface area contributed by atoms with E-state index in [0.717, 1.165) is 0 Å². The first kappa shape index (κ1) is 7.93. The summed E-state index contributed by atoms with van der Waals surface area (Å²) in [4.78, 5) is 11.2. The summed E-state index contributed by atoms with van der Waals surface area (Å²) in [6, 6.07) is 4.47. The van der Waals surface area contributed by atoms with E-state index in [1.807, 2.05) is 6.07 Å². The second kappa shape index (κ2) is 2.67. The summed E-state index contributed by atoms with van der Waals surface area (Å²) in [5.74, 6) is -0.495. The van der Waals surface area contributed by atoms with Crippen LogP contribution in [0, 0.1) is 17.1 Å². The average molecular weight is 175 g/mol. The third kappa shape index (κ3) is 1.11. The number of nitrogens with zero attached hydrogens (tertiary/aromatic N) is 1. The zero-order chi connectivity index (χ0) is 9.42. The highest BCUT2D eigenvalue weighted by Crippen LogP contribution is 2.25. The van der Waals surface area contributed by atoms with Crippen molar-refractivity contribution in [1.29, 1.82) is 5.26 Å². The standard InChI is InChI=1S/C10H6FNO/c11-9-4-6(5-12)3-8-7(9)1-2-10(8)13/h3-4H,1-2H2. The van der Waals surface area contributed by atoms with Gasteiger partial charge in [0.2, 0.25) is 0 Å². The van der Waals surface area contributed by atoms with Crippen LogP contribution in [0.3, 0.4) is 0 Å². The molecule has 64 valence electrons. The van der Waals surface area contributed by atoms with Crippen molar-refractivity contribution in [2.24, 2.45) is 0 Å². The molecule has 0 atom stereocenters. The summed E-state index contributed by atoms with van der Waals surface area (Å²) in [7, 11) is 0. The molecule has 0 bridgehead atoms. The first-order valence-electron chi connectivity index (χ1n) is 3.98. The maximum atomic E-state index is 13.2. The molecule has 2 nitrogen and oxygen atoms in total. The van der Waals surface area contributed by atoms with Gasteiger partial charge in [0, 0.05) is 12.0 Å². The fourth-order valence-corrected chi connectivity index (χ4v) is 1.58. The largest absolute Gasteiger partial charge is 0.294 e. The maximum absolute atomic E-state index is 13.2. The van der Waals surface area contributed by atoms with Crippen molar-refractivity contribution in [3.05, 3.63) is 34.6 Å². The van der Waals surface area contributed by atoms with E-state index in [9.17, 15) is 9.18 Å². The molecule has 1 aliphatic carbocycles. The third-order valence-electron chi connectivity index (χ3n) is 2.23. The molecule has 0 heterocycles. The van der Waals surface area contributed by atoms with Crippen molar-refractivity contribution in [3.8, 4) is 6.07 Å². The normalized spacial score (nSPS) is 14.0. The minimum atomic E-state index is -0.431. The van der Waals surface area contributed by atoms with Gasteiger partial charge in [-0.2, -0.15) is 5.26 Å². The van der Waals surface area contributed by atoms with E-state index in [-0.39, 0.29) is 11.3 Å². The van der Waals surface area contributed by atoms with Crippen LogP contribution in [0.15, 0.2) is 12.1 Å². The van der Waals surface area contributed by atoms with Gasteiger partial charge in [-0.15, -0.1) is 0 Å². The van der Waals surface area contributed by atoms with Crippen molar-refractivity contribution in [2.45, 2.75) is 12.8 Å². The molecule has 0 N–H and O–H groups in total. The smallest absolute Gasteiger partial charge is 0.163 e. The molecule has 0 saturated carbocycles. The van der Waals surface area contributed by atoms with Gasteiger partial charge in [-0.1, -0.05) is 0 Å². The summed E-state index contributed by atoms with van der Waals surface area (Å²) in [5, 5.41) is 8.55. The van der Waals surface area contributed by atoms with Crippen molar-refractivity contribution in [3.63, 3.8) is 0 Å². The number of hydrogen-bond donors (Lipinski definition) is 0. The third-order valence-corrected chi connectivity index (χ3v) is 2.23. The van der Waals surface area contributed by atoms with E-state index in [4.69, 9.17) is 5.26 Å². The lowest BCUT2D eigenvalue weighted by Crippen LogP contribution is -1.94. The van der Waals surface area contributed by atoms with Crippen LogP contribution in [0.2, 0.25) is 0 Å². The molecule has 0 unspecified atom stereocenters. The van der Waals surface area contributed by atoms with Crippen molar-refractivity contribution in [2.75, 3.05) is 0 Å². The van der Waals surface area contributed by atoms with Crippen LogP contribution in [0.5, 0.6) is 0 Å². The van der Waals surface area contributed by atoms with Crippen molar-refractivity contribution in [1.82, 2.24) is 0 Å². The Morgan fingerprint density at radius 2 is 2.15 bits per heavy atom. The zero-order valence-electron chi connectivity index (χ0n) is 6.80. The van der Waals surface area contributed by atoms with Crippen LogP contribution in [0.25, 0.3) is 0 Å². The highest BCUT2D eigenvalue weighted by molar-refractivity contribution is 6.00. The Labute approximate surface area is 74.6 Å². The van der Waals surface area contributed by atoms with Crippen LogP contribution < -0.4 is 0 Å². The SMILES string of the molecule is N#Cc1cc(F)c2c(c1)C(=O)CC2. The summed E-state index contributed by atoms with van der Waals surface area (Å²) in [6.07, 6.45) is 0.826. The molecule has 2 rings (SSSR count). The van der Waals surface area contributed by atoms with Gasteiger partial charge in [0.15, 0.2) is 5.78 Å². The van der Waals surface area contributed by atoms with E-state index in [1.165, 1.54) is 12.1 Å². The molecule has 0 amide bonds. The molecule has 1 aliphatic rings. The van der Waals surface area contributed by atoms with Gasteiger partial charge < -0.3 is 0 Å². The van der Waals surface area contributed by atoms with Crippen molar-refractivity contribution < 1.29 is 9.18 Å². The lowest BCUT2D eigenvalue weighted by molar-refractivity contribution is 0.0994. The van der Waals surface area contributed by atoms with E-state index >= 15 is 0 Å². The number of carbonyl (C=O) groups excluding carboxylic acids is 1. The molecule has 1 aromatic rings. The number of carbonyl (C=O) groups is 1. The first-order chi connectivity index (χ1) is 6.22. The maximum Gasteiger partial charge on any atom is 0.163 e. The van der Waals surface area contributed by atoms with Gasteiger partial charge in [-0.05, 0) is 24.1 Å². The number of fused-ring (bicyclic) bond motifs is 1. The number of benzene rings is 1. The van der Waals surface area contributed by atoms with Gasteiger partial charge >= 0.3 is 0 Å². The number of Topliss-reactive ketones (excluding diaryl/α,β-unsaturated/α-hetero) is 1. The Morgan fingerprint density at radius 1 is 1.38 bits per heavy atom. The summed E-state index contributed by atoms with van der Waals surface area (Å²) < 4.78 is 13.2. The van der Waals surface area contributed by atoms with Gasteiger partial charge in [0.25, 0.3) is 0 Å². The Bertz CT molecular complexity index is 431. The topological polar surface area (TPSA) is 40.9 Å². The van der Waals surface area contributed by atoms with E-state index in [2.05, 4.69) is 0 Å². The molecule has 3 heteroatoms. The summed E-state index contributed by atoms with van der Waals surface area (Å²) >= 11 is 0. The molecule has 0 saturated heterocycles. The van der Waals surface area contributed by atoms with Crippen LogP contribution in [0.1, 0.15) is 27.9 Å². The highest BCUT2D eigenvalue weighted by atomic mass is 19.1. The van der Waals surface area contributed by atoms with E-state index in [0.29, 0.717) is 24.0 Å². The number of hydrogen-bond acceptors (Lipinski definition) is 2.